The van der Waals surface area contributed by atoms with Gasteiger partial charge in [-0.1, -0.05) is 59.9 Å². The van der Waals surface area contributed by atoms with E-state index in [-0.39, 0.29) is 38.0 Å². The molecule has 0 spiro atoms. The number of ether oxygens (including phenoxy) is 2. The zero-order chi connectivity index (χ0) is 33.9. The number of fused-ring (bicyclic) bond motifs is 1. The molecule has 0 unspecified atom stereocenters. The first kappa shape index (κ1) is 32.3. The molecule has 1 N–H and O–H groups in total. The number of H-pyrrole nitrogens is 1. The van der Waals surface area contributed by atoms with Crippen molar-refractivity contribution in [2.75, 3.05) is 13.7 Å². The predicted molar refractivity (Wildman–Crippen MR) is 181 cm³/mol. The predicted octanol–water partition coefficient (Wildman–Crippen LogP) is 4.40. The lowest BCUT2D eigenvalue weighted by atomic mass is 9.93. The maximum absolute atomic E-state index is 14.2. The highest BCUT2D eigenvalue weighted by molar-refractivity contribution is 7.99. The maximum atomic E-state index is 14.2. The number of rotatable bonds is 9. The fourth-order valence-electron chi connectivity index (χ4n) is 5.25. The first-order valence-corrected chi connectivity index (χ1v) is 16.3. The van der Waals surface area contributed by atoms with Crippen LogP contribution in [0.2, 0.25) is 0 Å². The maximum Gasteiger partial charge on any atom is 0.338 e. The van der Waals surface area contributed by atoms with Gasteiger partial charge in [0.2, 0.25) is 0 Å². The van der Waals surface area contributed by atoms with Crippen molar-refractivity contribution in [3.8, 4) is 5.75 Å². The summed E-state index contributed by atoms with van der Waals surface area (Å²) in [7, 11) is 1.55. The number of nitro groups is 1. The Morgan fingerprint density at radius 1 is 1.10 bits per heavy atom. The molecule has 5 aromatic rings. The Balaban J connectivity index is 1.53. The average molecular weight is 682 g/mol. The Labute approximate surface area is 280 Å². The number of aromatic amines is 1. The zero-order valence-electron chi connectivity index (χ0n) is 25.8. The highest BCUT2D eigenvalue weighted by Crippen LogP contribution is 2.36. The second-order valence-electron chi connectivity index (χ2n) is 10.5. The fourth-order valence-corrected chi connectivity index (χ4v) is 7.18. The molecule has 0 radical (unpaired) electrons. The van der Waals surface area contributed by atoms with Gasteiger partial charge in [-0.25, -0.2) is 14.8 Å². The summed E-state index contributed by atoms with van der Waals surface area (Å²) < 4.78 is 12.5. The molecule has 2 aromatic heterocycles. The van der Waals surface area contributed by atoms with Crippen LogP contribution in [0.5, 0.6) is 5.75 Å². The molecule has 1 atom stereocenters. The van der Waals surface area contributed by atoms with E-state index >= 15 is 0 Å². The lowest BCUT2D eigenvalue weighted by Gasteiger charge is -2.26. The van der Waals surface area contributed by atoms with Crippen LogP contribution >= 0.6 is 23.1 Å². The number of nitro benzene ring substituents is 1. The summed E-state index contributed by atoms with van der Waals surface area (Å²) >= 11 is 2.06. The molecule has 6 rings (SSSR count). The van der Waals surface area contributed by atoms with Crippen LogP contribution in [0, 0.1) is 17.0 Å². The molecular formula is C34H27N5O7S2. The van der Waals surface area contributed by atoms with Crippen LogP contribution in [0.25, 0.3) is 11.8 Å². The van der Waals surface area contributed by atoms with Gasteiger partial charge in [-0.3, -0.25) is 24.3 Å². The minimum Gasteiger partial charge on any atom is -0.497 e. The third-order valence-corrected chi connectivity index (χ3v) is 9.27. The molecule has 0 saturated carbocycles. The van der Waals surface area contributed by atoms with E-state index in [0.29, 0.717) is 38.6 Å². The Kier molecular flexibility index (Phi) is 9.19. The van der Waals surface area contributed by atoms with E-state index < -0.39 is 22.5 Å². The van der Waals surface area contributed by atoms with Crippen molar-refractivity contribution in [2.45, 2.75) is 29.9 Å². The topological polar surface area (TPSA) is 159 Å². The van der Waals surface area contributed by atoms with Gasteiger partial charge >= 0.3 is 5.97 Å². The summed E-state index contributed by atoms with van der Waals surface area (Å²) in [4.78, 5) is 63.5. The van der Waals surface area contributed by atoms with Gasteiger partial charge in [0.15, 0.2) is 9.96 Å². The first-order valence-electron chi connectivity index (χ1n) is 14.6. The van der Waals surface area contributed by atoms with E-state index in [4.69, 9.17) is 14.5 Å². The molecule has 0 fully saturated rings. The molecule has 14 heteroatoms. The highest BCUT2D eigenvalue weighted by atomic mass is 32.2. The largest absolute Gasteiger partial charge is 0.497 e. The smallest absolute Gasteiger partial charge is 0.338 e. The number of hydrogen-bond donors (Lipinski definition) is 1. The number of nitrogens with one attached hydrogen (secondary N) is 1. The molecule has 0 saturated heterocycles. The molecule has 1 aliphatic heterocycles. The number of benzene rings is 3. The van der Waals surface area contributed by atoms with Gasteiger partial charge in [-0.15, -0.1) is 0 Å². The Hall–Kier alpha value is -5.60. The van der Waals surface area contributed by atoms with Crippen LogP contribution in [0.15, 0.2) is 109 Å². The van der Waals surface area contributed by atoms with Gasteiger partial charge in [0.25, 0.3) is 16.8 Å². The van der Waals surface area contributed by atoms with Gasteiger partial charge in [0.1, 0.15) is 5.75 Å². The van der Waals surface area contributed by atoms with Crippen LogP contribution in [-0.4, -0.2) is 39.1 Å². The monoisotopic (exact) mass is 681 g/mol. The third kappa shape index (κ3) is 6.48. The molecule has 0 amide bonds. The first-order chi connectivity index (χ1) is 23.2. The van der Waals surface area contributed by atoms with Gasteiger partial charge in [-0.05, 0) is 61.0 Å². The number of carbonyl (C=O) groups is 1. The molecule has 3 aromatic carbocycles. The van der Waals surface area contributed by atoms with Crippen LogP contribution in [0.4, 0.5) is 5.69 Å². The zero-order valence-corrected chi connectivity index (χ0v) is 27.5. The highest BCUT2D eigenvalue weighted by Gasteiger charge is 2.35. The number of nitrogens with zero attached hydrogens (tertiary/aromatic N) is 4. The normalized spacial score (nSPS) is 14.3. The van der Waals surface area contributed by atoms with Crippen LogP contribution in [-0.2, 0) is 9.53 Å². The van der Waals surface area contributed by atoms with Crippen molar-refractivity contribution in [3.63, 3.8) is 0 Å². The van der Waals surface area contributed by atoms with Crippen LogP contribution in [0.3, 0.4) is 0 Å². The van der Waals surface area contributed by atoms with Crippen molar-refractivity contribution in [1.29, 1.82) is 0 Å². The van der Waals surface area contributed by atoms with E-state index in [1.165, 1.54) is 16.7 Å². The molecule has 0 bridgehead atoms. The van der Waals surface area contributed by atoms with Crippen LogP contribution < -0.4 is 25.2 Å². The molecule has 3 heterocycles. The minimum absolute atomic E-state index is 0.118. The number of hydrogen-bond acceptors (Lipinski definition) is 11. The Morgan fingerprint density at radius 2 is 1.85 bits per heavy atom. The molecule has 242 valence electrons. The second-order valence-corrected chi connectivity index (χ2v) is 12.5. The lowest BCUT2D eigenvalue weighted by Crippen LogP contribution is -2.40. The summed E-state index contributed by atoms with van der Waals surface area (Å²) in [6.45, 7) is 3.48. The Morgan fingerprint density at radius 3 is 2.52 bits per heavy atom. The van der Waals surface area contributed by atoms with Crippen molar-refractivity contribution in [2.24, 2.45) is 4.99 Å². The third-order valence-electron chi connectivity index (χ3n) is 7.34. The molecule has 0 aliphatic carbocycles. The van der Waals surface area contributed by atoms with E-state index in [1.54, 1.807) is 63.4 Å². The van der Waals surface area contributed by atoms with Gasteiger partial charge in [0.05, 0.1) is 45.4 Å². The summed E-state index contributed by atoms with van der Waals surface area (Å²) in [5.41, 5.74) is 1.73. The Bertz CT molecular complexity index is 2330. The number of thiazole rings is 1. The quantitative estimate of drug-likeness (QED) is 0.103. The number of esters is 1. The van der Waals surface area contributed by atoms with E-state index in [0.717, 1.165) is 23.1 Å². The summed E-state index contributed by atoms with van der Waals surface area (Å²) in [5, 5.41) is 12.3. The molecule has 12 nitrogen and oxygen atoms in total. The lowest BCUT2D eigenvalue weighted by molar-refractivity contribution is -0.387. The molecular weight excluding hydrogens is 655 g/mol. The van der Waals surface area contributed by atoms with Crippen molar-refractivity contribution in [1.82, 2.24) is 14.5 Å². The number of carbonyl (C=O) groups excluding carboxylic acids is 1. The van der Waals surface area contributed by atoms with Crippen molar-refractivity contribution < 1.29 is 19.2 Å². The summed E-state index contributed by atoms with van der Waals surface area (Å²) in [6, 6.07) is 21.2. The number of methoxy groups -OCH3 is 1. The fraction of sp³-hybridized carbons (Fsp3) is 0.147. The van der Waals surface area contributed by atoms with Gasteiger partial charge in [0, 0.05) is 23.4 Å². The standard InChI is InChI=1S/C34H27N5O7S2/c1-4-46-32(42)28-29(21-8-6-5-7-9-21)37-34-38(30(28)22-11-13-23(45-3)14-12-22)31(41)26(48-34)18-20-10-15-25(24(17-20)39(43)44)47-33-35-19(2)16-27(40)36-33/h5-18,30H,4H2,1-3H3,(H,35,36,40)/b26-18+/t30-/m1/s1. The van der Waals surface area contributed by atoms with Gasteiger partial charge in [-0.2, -0.15) is 0 Å². The number of aromatic nitrogens is 3. The van der Waals surface area contributed by atoms with E-state index in [1.807, 2.05) is 30.3 Å². The molecule has 1 aliphatic rings. The SMILES string of the molecule is CCOC(=O)C1=C(c2ccccc2)N=c2s/c(=C/c3ccc(Sc4nc(C)cc(=O)[nH]4)c([N+](=O)[O-])c3)c(=O)n2[C@@H]1c1ccc(OC)cc1. The van der Waals surface area contributed by atoms with E-state index in [2.05, 4.69) is 9.97 Å². The van der Waals surface area contributed by atoms with Gasteiger partial charge < -0.3 is 14.5 Å². The van der Waals surface area contributed by atoms with E-state index in [9.17, 15) is 24.5 Å². The van der Waals surface area contributed by atoms with Crippen molar-refractivity contribution in [3.05, 3.63) is 147 Å². The van der Waals surface area contributed by atoms with Crippen molar-refractivity contribution >= 4 is 46.5 Å². The average Bonchev–Trinajstić information content (AvgIpc) is 3.38. The summed E-state index contributed by atoms with van der Waals surface area (Å²) in [6.07, 6.45) is 1.55. The molecule has 48 heavy (non-hydrogen) atoms. The minimum atomic E-state index is -0.888. The summed E-state index contributed by atoms with van der Waals surface area (Å²) in [5.74, 6) is -0.00722. The number of aryl methyl sites for hydroxylation is 1. The van der Waals surface area contributed by atoms with Crippen LogP contribution in [0.1, 0.15) is 35.3 Å². The second kappa shape index (κ2) is 13.6.